The molecule has 0 amide bonds. The summed E-state index contributed by atoms with van der Waals surface area (Å²) in [5.74, 6) is -1.07. The van der Waals surface area contributed by atoms with Gasteiger partial charge in [-0.3, -0.25) is 9.88 Å². The van der Waals surface area contributed by atoms with Crippen LogP contribution in [-0.2, 0) is 12.1 Å². The third-order valence-electron chi connectivity index (χ3n) is 5.52. The van der Waals surface area contributed by atoms with Gasteiger partial charge in [-0.15, -0.1) is 0 Å². The number of benzene rings is 1. The average molecular weight is 330 g/mol. The summed E-state index contributed by atoms with van der Waals surface area (Å²) in [4.78, 5) is 6.58. The van der Waals surface area contributed by atoms with Gasteiger partial charge in [-0.25, -0.2) is 8.78 Å². The number of halogens is 2. The van der Waals surface area contributed by atoms with Gasteiger partial charge in [0.15, 0.2) is 11.6 Å². The third kappa shape index (κ3) is 2.62. The molecular weight excluding hydrogens is 310 g/mol. The van der Waals surface area contributed by atoms with Crippen molar-refractivity contribution in [2.24, 2.45) is 11.8 Å². The van der Waals surface area contributed by atoms with Gasteiger partial charge in [0.1, 0.15) is 5.60 Å². The monoisotopic (exact) mass is 330 g/mol. The molecule has 3 nitrogen and oxygen atoms in total. The van der Waals surface area contributed by atoms with E-state index in [9.17, 15) is 13.9 Å². The summed E-state index contributed by atoms with van der Waals surface area (Å²) >= 11 is 0. The van der Waals surface area contributed by atoms with Crippen LogP contribution < -0.4 is 0 Å². The first-order valence-corrected chi connectivity index (χ1v) is 8.36. The molecule has 1 saturated heterocycles. The minimum absolute atomic E-state index is 0.137. The van der Waals surface area contributed by atoms with E-state index in [1.54, 1.807) is 12.3 Å². The van der Waals surface area contributed by atoms with Gasteiger partial charge in [0.05, 0.1) is 5.69 Å². The second-order valence-electron chi connectivity index (χ2n) is 6.99. The van der Waals surface area contributed by atoms with Gasteiger partial charge in [0.2, 0.25) is 0 Å². The molecule has 1 N–H and O–H groups in total. The Morgan fingerprint density at radius 3 is 2.79 bits per heavy atom. The van der Waals surface area contributed by atoms with E-state index >= 15 is 0 Å². The summed E-state index contributed by atoms with van der Waals surface area (Å²) in [6, 6.07) is 9.70. The summed E-state index contributed by atoms with van der Waals surface area (Å²) in [5.41, 5.74) is 0.622. The van der Waals surface area contributed by atoms with Crippen LogP contribution >= 0.6 is 0 Å². The maximum Gasteiger partial charge on any atom is 0.159 e. The second-order valence-corrected chi connectivity index (χ2v) is 6.99. The quantitative estimate of drug-likeness (QED) is 0.939. The maximum atomic E-state index is 13.4. The predicted molar refractivity (Wildman–Crippen MR) is 86.0 cm³/mol. The van der Waals surface area contributed by atoms with E-state index in [1.165, 1.54) is 12.1 Å². The Hall–Kier alpha value is -1.85. The molecule has 24 heavy (non-hydrogen) atoms. The van der Waals surface area contributed by atoms with Gasteiger partial charge < -0.3 is 5.11 Å². The lowest BCUT2D eigenvalue weighted by molar-refractivity contribution is -0.0108. The second kappa shape index (κ2) is 5.90. The highest BCUT2D eigenvalue weighted by Crippen LogP contribution is 2.50. The van der Waals surface area contributed by atoms with Crippen molar-refractivity contribution in [3.8, 4) is 0 Å². The lowest BCUT2D eigenvalue weighted by Crippen LogP contribution is -2.35. The van der Waals surface area contributed by atoms with E-state index in [-0.39, 0.29) is 5.92 Å². The molecule has 126 valence electrons. The molecule has 1 aromatic heterocycles. The van der Waals surface area contributed by atoms with Crippen LogP contribution in [0.3, 0.4) is 0 Å². The molecule has 0 unspecified atom stereocenters. The molecule has 1 aromatic carbocycles. The van der Waals surface area contributed by atoms with Crippen molar-refractivity contribution in [2.45, 2.75) is 25.0 Å². The fourth-order valence-corrected chi connectivity index (χ4v) is 4.35. The van der Waals surface area contributed by atoms with Crippen molar-refractivity contribution >= 4 is 0 Å². The highest BCUT2D eigenvalue weighted by Gasteiger charge is 2.52. The molecule has 2 aromatic rings. The van der Waals surface area contributed by atoms with Crippen molar-refractivity contribution in [3.63, 3.8) is 0 Å². The zero-order valence-electron chi connectivity index (χ0n) is 13.3. The van der Waals surface area contributed by atoms with E-state index in [1.807, 2.05) is 18.2 Å². The van der Waals surface area contributed by atoms with Crippen molar-refractivity contribution in [1.29, 1.82) is 0 Å². The van der Waals surface area contributed by atoms with Crippen LogP contribution in [0.15, 0.2) is 42.6 Å². The van der Waals surface area contributed by atoms with E-state index in [4.69, 9.17) is 0 Å². The maximum absolute atomic E-state index is 13.4. The Balaban J connectivity index is 1.51. The van der Waals surface area contributed by atoms with Crippen LogP contribution in [0.4, 0.5) is 8.78 Å². The highest BCUT2D eigenvalue weighted by atomic mass is 19.2. The molecule has 1 aliphatic carbocycles. The molecule has 0 bridgehead atoms. The largest absolute Gasteiger partial charge is 0.383 e. The molecule has 4 rings (SSSR count). The zero-order valence-corrected chi connectivity index (χ0v) is 13.3. The standard InChI is InChI=1S/C19H20F2N2O/c20-16-5-4-13(9-17(16)21)10-23-11-14-6-7-19(24,15(14)12-23)18-3-1-2-8-22-18/h1-5,8-9,14-15,24H,6-7,10-12H2/t14-,15+,19-/m0/s1. The van der Waals surface area contributed by atoms with Crippen LogP contribution in [0.1, 0.15) is 24.1 Å². The Kier molecular flexibility index (Phi) is 3.85. The number of hydrogen-bond donors (Lipinski definition) is 1. The Morgan fingerprint density at radius 2 is 2.04 bits per heavy atom. The molecular formula is C19H20F2N2O. The lowest BCUT2D eigenvalue weighted by Gasteiger charge is -2.29. The summed E-state index contributed by atoms with van der Waals surface area (Å²) in [6.07, 6.45) is 3.42. The summed E-state index contributed by atoms with van der Waals surface area (Å²) < 4.78 is 26.4. The van der Waals surface area contributed by atoms with E-state index in [2.05, 4.69) is 9.88 Å². The highest BCUT2D eigenvalue weighted by molar-refractivity contribution is 5.21. The average Bonchev–Trinajstić information content (AvgIpc) is 3.13. The van der Waals surface area contributed by atoms with Gasteiger partial charge in [-0.1, -0.05) is 12.1 Å². The number of hydrogen-bond acceptors (Lipinski definition) is 3. The summed E-state index contributed by atoms with van der Waals surface area (Å²) in [5, 5.41) is 11.2. The lowest BCUT2D eigenvalue weighted by atomic mass is 9.85. The number of nitrogens with zero attached hydrogens (tertiary/aromatic N) is 2. The number of pyridine rings is 1. The van der Waals surface area contributed by atoms with Gasteiger partial charge in [0, 0.05) is 31.7 Å². The molecule has 2 heterocycles. The first kappa shape index (κ1) is 15.7. The minimum Gasteiger partial charge on any atom is -0.383 e. The molecule has 2 aliphatic rings. The SMILES string of the molecule is O[C@@]1(c2ccccn2)CC[C@H]2CN(Cc3ccc(F)c(F)c3)C[C@H]21. The van der Waals surface area contributed by atoms with Gasteiger partial charge in [-0.05, 0) is 48.6 Å². The normalized spacial score (nSPS) is 29.8. The van der Waals surface area contributed by atoms with Crippen LogP contribution in [0.25, 0.3) is 0 Å². The minimum atomic E-state index is -0.880. The van der Waals surface area contributed by atoms with Gasteiger partial charge in [0.25, 0.3) is 0 Å². The molecule has 0 radical (unpaired) electrons. The molecule has 5 heteroatoms. The number of rotatable bonds is 3. The van der Waals surface area contributed by atoms with Crippen molar-refractivity contribution in [3.05, 3.63) is 65.5 Å². The van der Waals surface area contributed by atoms with Crippen LogP contribution in [0.5, 0.6) is 0 Å². The third-order valence-corrected chi connectivity index (χ3v) is 5.52. The molecule has 2 fully saturated rings. The fourth-order valence-electron chi connectivity index (χ4n) is 4.35. The van der Waals surface area contributed by atoms with Crippen LogP contribution in [0.2, 0.25) is 0 Å². The predicted octanol–water partition coefficient (Wildman–Crippen LogP) is 3.09. The van der Waals surface area contributed by atoms with Gasteiger partial charge in [-0.2, -0.15) is 0 Å². The summed E-state index contributed by atoms with van der Waals surface area (Å²) in [6.45, 7) is 2.19. The smallest absolute Gasteiger partial charge is 0.159 e. The van der Waals surface area contributed by atoms with E-state index in [0.29, 0.717) is 12.5 Å². The van der Waals surface area contributed by atoms with E-state index in [0.717, 1.165) is 37.2 Å². The first-order valence-electron chi connectivity index (χ1n) is 8.36. The van der Waals surface area contributed by atoms with Crippen LogP contribution in [0, 0.1) is 23.5 Å². The number of aliphatic hydroxyl groups is 1. The molecule has 1 saturated carbocycles. The molecule has 0 spiro atoms. The number of fused-ring (bicyclic) bond motifs is 1. The first-order chi connectivity index (χ1) is 11.6. The van der Waals surface area contributed by atoms with E-state index < -0.39 is 17.2 Å². The fraction of sp³-hybridized carbons (Fsp3) is 0.421. The van der Waals surface area contributed by atoms with Crippen molar-refractivity contribution in [2.75, 3.05) is 13.1 Å². The zero-order chi connectivity index (χ0) is 16.7. The van der Waals surface area contributed by atoms with Crippen LogP contribution in [-0.4, -0.2) is 28.1 Å². The van der Waals surface area contributed by atoms with Crippen molar-refractivity contribution < 1.29 is 13.9 Å². The summed E-state index contributed by atoms with van der Waals surface area (Å²) in [7, 11) is 0. The topological polar surface area (TPSA) is 36.4 Å². The number of aromatic nitrogens is 1. The Bertz CT molecular complexity index is 739. The van der Waals surface area contributed by atoms with Gasteiger partial charge >= 0.3 is 0 Å². The van der Waals surface area contributed by atoms with Crippen molar-refractivity contribution in [1.82, 2.24) is 9.88 Å². The molecule has 3 atom stereocenters. The Labute approximate surface area is 140 Å². The molecule has 1 aliphatic heterocycles. The number of likely N-dealkylation sites (tertiary alicyclic amines) is 1. The Morgan fingerprint density at radius 1 is 1.17 bits per heavy atom.